The Hall–Kier alpha value is -3.20. The SMILES string of the molecule is Cc1ccc(-c2nnc(SCC(=O)N[C@@H](C)c3ccc4c(c3)OCO4)n2N)cc1. The minimum Gasteiger partial charge on any atom is -0.454 e. The van der Waals surface area contributed by atoms with E-state index in [1.54, 1.807) is 0 Å². The Bertz CT molecular complexity index is 1040. The fraction of sp³-hybridized carbons (Fsp3) is 0.250. The summed E-state index contributed by atoms with van der Waals surface area (Å²) in [5, 5.41) is 11.7. The van der Waals surface area contributed by atoms with Gasteiger partial charge in [-0.3, -0.25) is 4.79 Å². The Morgan fingerprint density at radius 3 is 2.76 bits per heavy atom. The van der Waals surface area contributed by atoms with Gasteiger partial charge in [0.25, 0.3) is 0 Å². The first kappa shape index (κ1) is 19.1. The smallest absolute Gasteiger partial charge is 0.231 e. The van der Waals surface area contributed by atoms with Crippen LogP contribution in [0, 0.1) is 6.92 Å². The standard InChI is InChI=1S/C20H21N5O3S/c1-12-3-5-14(6-4-12)19-23-24-20(25(19)21)29-10-18(26)22-13(2)15-7-8-16-17(9-15)28-11-27-16/h3-9,13H,10-11,21H2,1-2H3,(H,22,26)/t13-/m0/s1. The highest BCUT2D eigenvalue weighted by molar-refractivity contribution is 7.99. The summed E-state index contributed by atoms with van der Waals surface area (Å²) in [4.78, 5) is 12.4. The van der Waals surface area contributed by atoms with Crippen LogP contribution in [0.2, 0.25) is 0 Å². The number of nitrogens with zero attached hydrogens (tertiary/aromatic N) is 3. The lowest BCUT2D eigenvalue weighted by molar-refractivity contribution is -0.119. The molecule has 9 heteroatoms. The zero-order valence-electron chi connectivity index (χ0n) is 16.1. The normalized spacial score (nSPS) is 13.3. The van der Waals surface area contributed by atoms with E-state index in [-0.39, 0.29) is 24.5 Å². The molecule has 150 valence electrons. The number of ether oxygens (including phenoxy) is 2. The number of aromatic nitrogens is 3. The lowest BCUT2D eigenvalue weighted by Crippen LogP contribution is -2.28. The number of nitrogens with one attached hydrogen (secondary N) is 1. The van der Waals surface area contributed by atoms with Crippen LogP contribution in [0.1, 0.15) is 24.1 Å². The van der Waals surface area contributed by atoms with Crippen LogP contribution in [-0.4, -0.2) is 33.3 Å². The Kier molecular flexibility index (Phi) is 5.30. The molecule has 1 aliphatic heterocycles. The highest BCUT2D eigenvalue weighted by atomic mass is 32.2. The molecule has 0 unspecified atom stereocenters. The van der Waals surface area contributed by atoms with Crippen molar-refractivity contribution in [2.75, 3.05) is 18.4 Å². The van der Waals surface area contributed by atoms with Crippen LogP contribution in [-0.2, 0) is 4.79 Å². The van der Waals surface area contributed by atoms with Crippen LogP contribution in [0.15, 0.2) is 47.6 Å². The number of nitrogen functional groups attached to an aromatic ring is 1. The van der Waals surface area contributed by atoms with Crippen molar-refractivity contribution < 1.29 is 14.3 Å². The van der Waals surface area contributed by atoms with E-state index in [4.69, 9.17) is 15.3 Å². The van der Waals surface area contributed by atoms with E-state index in [0.717, 1.165) is 22.4 Å². The van der Waals surface area contributed by atoms with E-state index in [2.05, 4.69) is 15.5 Å². The average Bonchev–Trinajstić information content (AvgIpc) is 3.33. The molecule has 1 amide bonds. The molecule has 29 heavy (non-hydrogen) atoms. The molecule has 0 saturated heterocycles. The minimum absolute atomic E-state index is 0.125. The number of hydrogen-bond donors (Lipinski definition) is 2. The summed E-state index contributed by atoms with van der Waals surface area (Å²) in [6, 6.07) is 13.3. The zero-order chi connectivity index (χ0) is 20.4. The van der Waals surface area contributed by atoms with E-state index in [1.807, 2.05) is 56.3 Å². The molecular weight excluding hydrogens is 390 g/mol. The molecule has 3 N–H and O–H groups in total. The fourth-order valence-corrected chi connectivity index (χ4v) is 3.62. The van der Waals surface area contributed by atoms with Gasteiger partial charge in [0, 0.05) is 5.56 Å². The number of aryl methyl sites for hydroxylation is 1. The molecule has 0 bridgehead atoms. The summed E-state index contributed by atoms with van der Waals surface area (Å²) in [6.45, 7) is 4.16. The number of rotatable bonds is 6. The monoisotopic (exact) mass is 411 g/mol. The number of carbonyl (C=O) groups is 1. The van der Waals surface area contributed by atoms with Gasteiger partial charge in [0.15, 0.2) is 17.3 Å². The van der Waals surface area contributed by atoms with Gasteiger partial charge in [-0.1, -0.05) is 47.7 Å². The van der Waals surface area contributed by atoms with Crippen LogP contribution in [0.5, 0.6) is 11.5 Å². The van der Waals surface area contributed by atoms with Crippen LogP contribution >= 0.6 is 11.8 Å². The van der Waals surface area contributed by atoms with Crippen molar-refractivity contribution in [3.63, 3.8) is 0 Å². The molecular formula is C20H21N5O3S. The van der Waals surface area contributed by atoms with Gasteiger partial charge in [-0.2, -0.15) is 0 Å². The van der Waals surface area contributed by atoms with E-state index < -0.39 is 0 Å². The second-order valence-electron chi connectivity index (χ2n) is 6.73. The molecule has 0 aliphatic carbocycles. The molecule has 1 aromatic heterocycles. The molecule has 0 fully saturated rings. The first-order chi connectivity index (χ1) is 14.0. The Morgan fingerprint density at radius 1 is 1.21 bits per heavy atom. The molecule has 2 aromatic carbocycles. The summed E-state index contributed by atoms with van der Waals surface area (Å²) in [6.07, 6.45) is 0. The third-order valence-electron chi connectivity index (χ3n) is 4.58. The van der Waals surface area contributed by atoms with Crippen molar-refractivity contribution in [2.45, 2.75) is 25.0 Å². The maximum atomic E-state index is 12.4. The second-order valence-corrected chi connectivity index (χ2v) is 7.68. The number of nitrogens with two attached hydrogens (primary N) is 1. The number of thioether (sulfide) groups is 1. The van der Waals surface area contributed by atoms with Crippen molar-refractivity contribution in [3.05, 3.63) is 53.6 Å². The molecule has 0 radical (unpaired) electrons. The summed E-state index contributed by atoms with van der Waals surface area (Å²) >= 11 is 1.24. The van der Waals surface area contributed by atoms with Gasteiger partial charge < -0.3 is 20.6 Å². The summed E-state index contributed by atoms with van der Waals surface area (Å²) < 4.78 is 12.1. The predicted octanol–water partition coefficient (Wildman–Crippen LogP) is 2.67. The molecule has 4 rings (SSSR count). The number of amides is 1. The molecule has 0 spiro atoms. The van der Waals surface area contributed by atoms with E-state index in [9.17, 15) is 4.79 Å². The number of fused-ring (bicyclic) bond motifs is 1. The summed E-state index contributed by atoms with van der Waals surface area (Å²) in [7, 11) is 0. The molecule has 1 aliphatic rings. The first-order valence-corrected chi connectivity index (χ1v) is 10.1. The molecule has 1 atom stereocenters. The lowest BCUT2D eigenvalue weighted by atomic mass is 10.1. The lowest BCUT2D eigenvalue weighted by Gasteiger charge is -2.14. The molecule has 0 saturated carbocycles. The predicted molar refractivity (Wildman–Crippen MR) is 110 cm³/mol. The first-order valence-electron chi connectivity index (χ1n) is 9.10. The highest BCUT2D eigenvalue weighted by Gasteiger charge is 2.18. The van der Waals surface area contributed by atoms with E-state index in [0.29, 0.717) is 16.7 Å². The quantitative estimate of drug-likeness (QED) is 0.475. The third kappa shape index (κ3) is 4.14. The zero-order valence-corrected chi connectivity index (χ0v) is 16.9. The van der Waals surface area contributed by atoms with Gasteiger partial charge in [-0.05, 0) is 31.5 Å². The Labute approximate surface area is 172 Å². The van der Waals surface area contributed by atoms with Crippen LogP contribution in [0.3, 0.4) is 0 Å². The number of carbonyl (C=O) groups excluding carboxylic acids is 1. The van der Waals surface area contributed by atoms with Crippen LogP contribution in [0.25, 0.3) is 11.4 Å². The minimum atomic E-state index is -0.170. The van der Waals surface area contributed by atoms with E-state index >= 15 is 0 Å². The highest BCUT2D eigenvalue weighted by Crippen LogP contribution is 2.34. The third-order valence-corrected chi connectivity index (χ3v) is 5.52. The molecule has 2 heterocycles. The van der Waals surface area contributed by atoms with Crippen molar-refractivity contribution in [1.29, 1.82) is 0 Å². The van der Waals surface area contributed by atoms with Crippen molar-refractivity contribution >= 4 is 17.7 Å². The van der Waals surface area contributed by atoms with Crippen molar-refractivity contribution in [2.24, 2.45) is 0 Å². The largest absolute Gasteiger partial charge is 0.454 e. The van der Waals surface area contributed by atoms with Gasteiger partial charge >= 0.3 is 0 Å². The maximum Gasteiger partial charge on any atom is 0.231 e. The average molecular weight is 411 g/mol. The summed E-state index contributed by atoms with van der Waals surface area (Å²) in [5.74, 6) is 8.14. The number of benzene rings is 2. The van der Waals surface area contributed by atoms with Gasteiger partial charge in [0.1, 0.15) is 0 Å². The molecule has 3 aromatic rings. The van der Waals surface area contributed by atoms with E-state index in [1.165, 1.54) is 16.4 Å². The molecule has 8 nitrogen and oxygen atoms in total. The Morgan fingerprint density at radius 2 is 1.97 bits per heavy atom. The number of hydrogen-bond acceptors (Lipinski definition) is 7. The van der Waals surface area contributed by atoms with Crippen LogP contribution < -0.4 is 20.6 Å². The maximum absolute atomic E-state index is 12.4. The Balaban J connectivity index is 1.35. The fourth-order valence-electron chi connectivity index (χ4n) is 2.95. The van der Waals surface area contributed by atoms with Gasteiger partial charge in [0.2, 0.25) is 17.9 Å². The van der Waals surface area contributed by atoms with Gasteiger partial charge in [0.05, 0.1) is 11.8 Å². The topological polar surface area (TPSA) is 104 Å². The van der Waals surface area contributed by atoms with Crippen molar-refractivity contribution in [1.82, 2.24) is 20.2 Å². The summed E-state index contributed by atoms with van der Waals surface area (Å²) in [5.41, 5.74) is 2.97. The van der Waals surface area contributed by atoms with Crippen LogP contribution in [0.4, 0.5) is 0 Å². The van der Waals surface area contributed by atoms with Gasteiger partial charge in [-0.15, -0.1) is 10.2 Å². The second kappa shape index (κ2) is 8.04. The van der Waals surface area contributed by atoms with Crippen molar-refractivity contribution in [3.8, 4) is 22.9 Å². The van der Waals surface area contributed by atoms with Gasteiger partial charge in [-0.25, -0.2) is 4.68 Å².